The molecule has 184 valence electrons. The molecule has 2 heterocycles. The number of rotatable bonds is 2. The van der Waals surface area contributed by atoms with Crippen LogP contribution in [0.3, 0.4) is 0 Å². The molecular formula is C22H22BrF3N2O5S. The SMILES string of the molecule is CC(C)(C)OC(=O)N1CC2(CNc3cc(Br)ccc3O2)C1S(=O)(=O)c1cccc(C(F)(F)F)c1. The molecule has 1 N–H and O–H groups in total. The molecule has 0 radical (unpaired) electrons. The van der Waals surface area contributed by atoms with Crippen LogP contribution in [0.15, 0.2) is 51.8 Å². The number of sulfone groups is 1. The van der Waals surface area contributed by atoms with Crippen LogP contribution in [0.4, 0.5) is 23.7 Å². The van der Waals surface area contributed by atoms with E-state index in [1.54, 1.807) is 39.0 Å². The number of hydrogen-bond acceptors (Lipinski definition) is 6. The Kier molecular flexibility index (Phi) is 5.83. The number of hydrogen-bond donors (Lipinski definition) is 1. The van der Waals surface area contributed by atoms with Crippen LogP contribution in [0.25, 0.3) is 0 Å². The number of ether oxygens (including phenoxy) is 2. The van der Waals surface area contributed by atoms with Gasteiger partial charge in [0.25, 0.3) is 0 Å². The Hall–Kier alpha value is -2.47. The van der Waals surface area contributed by atoms with Crippen LogP contribution in [0.2, 0.25) is 0 Å². The Morgan fingerprint density at radius 2 is 1.91 bits per heavy atom. The Labute approximate surface area is 203 Å². The molecule has 34 heavy (non-hydrogen) atoms. The number of amides is 1. The van der Waals surface area contributed by atoms with Crippen molar-refractivity contribution in [1.82, 2.24) is 4.90 Å². The normalized spacial score (nSPS) is 22.3. The molecule has 2 aromatic carbocycles. The van der Waals surface area contributed by atoms with Crippen molar-refractivity contribution < 1.29 is 35.9 Å². The van der Waals surface area contributed by atoms with Gasteiger partial charge in [0.2, 0.25) is 9.84 Å². The van der Waals surface area contributed by atoms with Crippen molar-refractivity contribution in [2.75, 3.05) is 18.4 Å². The van der Waals surface area contributed by atoms with E-state index in [9.17, 15) is 26.4 Å². The smallest absolute Gasteiger partial charge is 0.416 e. The van der Waals surface area contributed by atoms with E-state index >= 15 is 0 Å². The second-order valence-corrected chi connectivity index (χ2v) is 12.1. The van der Waals surface area contributed by atoms with E-state index < -0.39 is 49.1 Å². The fraction of sp³-hybridized carbons (Fsp3) is 0.409. The van der Waals surface area contributed by atoms with Gasteiger partial charge in [-0.3, -0.25) is 4.90 Å². The van der Waals surface area contributed by atoms with E-state index in [1.165, 1.54) is 0 Å². The monoisotopic (exact) mass is 562 g/mol. The van der Waals surface area contributed by atoms with Crippen molar-refractivity contribution >= 4 is 37.5 Å². The predicted octanol–water partition coefficient (Wildman–Crippen LogP) is 5.06. The Morgan fingerprint density at radius 1 is 1.21 bits per heavy atom. The molecule has 0 saturated carbocycles. The van der Waals surface area contributed by atoms with Crippen molar-refractivity contribution in [2.45, 2.75) is 48.4 Å². The van der Waals surface area contributed by atoms with Gasteiger partial charge in [0.1, 0.15) is 11.4 Å². The highest BCUT2D eigenvalue weighted by Gasteiger charge is 2.65. The van der Waals surface area contributed by atoms with E-state index in [2.05, 4.69) is 21.2 Å². The lowest BCUT2D eigenvalue weighted by atomic mass is 9.91. The van der Waals surface area contributed by atoms with Gasteiger partial charge in [0.05, 0.1) is 29.2 Å². The summed E-state index contributed by atoms with van der Waals surface area (Å²) in [6.07, 6.45) is -5.63. The Bertz CT molecular complexity index is 1250. The van der Waals surface area contributed by atoms with E-state index in [0.29, 0.717) is 17.5 Å². The maximum Gasteiger partial charge on any atom is 0.416 e. The topological polar surface area (TPSA) is 84.9 Å². The summed E-state index contributed by atoms with van der Waals surface area (Å²) in [4.78, 5) is 13.3. The van der Waals surface area contributed by atoms with Crippen LogP contribution in [0, 0.1) is 0 Å². The number of nitrogens with one attached hydrogen (secondary N) is 1. The lowest BCUT2D eigenvalue weighted by Crippen LogP contribution is -2.79. The molecule has 2 aliphatic heterocycles. The molecule has 4 rings (SSSR count). The average molecular weight is 563 g/mol. The first-order chi connectivity index (χ1) is 15.6. The van der Waals surface area contributed by atoms with Crippen LogP contribution >= 0.6 is 15.9 Å². The third-order valence-corrected chi connectivity index (χ3v) is 8.09. The molecular weight excluding hydrogens is 541 g/mol. The van der Waals surface area contributed by atoms with Gasteiger partial charge in [0.15, 0.2) is 11.0 Å². The molecule has 2 aromatic rings. The van der Waals surface area contributed by atoms with Crippen LogP contribution in [-0.2, 0) is 20.8 Å². The molecule has 1 amide bonds. The summed E-state index contributed by atoms with van der Waals surface area (Å²) in [6.45, 7) is 4.77. The van der Waals surface area contributed by atoms with Crippen molar-refractivity contribution in [1.29, 1.82) is 0 Å². The first-order valence-corrected chi connectivity index (χ1v) is 12.6. The number of likely N-dealkylation sites (tertiary alicyclic amines) is 1. The van der Waals surface area contributed by atoms with E-state index in [-0.39, 0.29) is 13.1 Å². The zero-order valence-corrected chi connectivity index (χ0v) is 20.8. The van der Waals surface area contributed by atoms with Crippen molar-refractivity contribution in [3.8, 4) is 5.75 Å². The number of halogens is 4. The van der Waals surface area contributed by atoms with Crippen LogP contribution in [-0.4, -0.2) is 49.1 Å². The zero-order chi connectivity index (χ0) is 25.1. The standard InChI is InChI=1S/C22H22BrF3N2O5S/c1-20(2,3)33-19(29)28-12-21(11-27-16-10-14(23)7-8-17(16)32-21)18(28)34(30,31)15-6-4-5-13(9-15)22(24,25)26/h4-10,18,27H,11-12H2,1-3H3. The van der Waals surface area contributed by atoms with Crippen LogP contribution < -0.4 is 10.1 Å². The minimum absolute atomic E-state index is 0.0125. The number of carbonyl (C=O) groups is 1. The van der Waals surface area contributed by atoms with Gasteiger partial charge in [-0.1, -0.05) is 22.0 Å². The minimum atomic E-state index is -4.73. The highest BCUT2D eigenvalue weighted by molar-refractivity contribution is 9.10. The largest absolute Gasteiger partial charge is 0.478 e. The van der Waals surface area contributed by atoms with Gasteiger partial charge in [-0.2, -0.15) is 13.2 Å². The van der Waals surface area contributed by atoms with Gasteiger partial charge in [-0.25, -0.2) is 13.2 Å². The van der Waals surface area contributed by atoms with Crippen molar-refractivity contribution in [2.24, 2.45) is 0 Å². The third-order valence-electron chi connectivity index (χ3n) is 5.42. The molecule has 2 aliphatic rings. The van der Waals surface area contributed by atoms with E-state index in [0.717, 1.165) is 27.6 Å². The molecule has 12 heteroatoms. The third kappa shape index (κ3) is 4.45. The highest BCUT2D eigenvalue weighted by Crippen LogP contribution is 2.46. The summed E-state index contributed by atoms with van der Waals surface area (Å²) in [5.41, 5.74) is -2.82. The lowest BCUT2D eigenvalue weighted by molar-refractivity contribution is -0.137. The number of carbonyl (C=O) groups excluding carboxylic acids is 1. The van der Waals surface area contributed by atoms with Gasteiger partial charge in [0, 0.05) is 4.47 Å². The fourth-order valence-corrected chi connectivity index (χ4v) is 6.43. The molecule has 0 bridgehead atoms. The molecule has 0 aliphatic carbocycles. The molecule has 7 nitrogen and oxygen atoms in total. The summed E-state index contributed by atoms with van der Waals surface area (Å²) in [5, 5.41) is 1.51. The molecule has 1 spiro atoms. The summed E-state index contributed by atoms with van der Waals surface area (Å²) in [5.74, 6) is 0.363. The molecule has 2 unspecified atom stereocenters. The number of nitrogens with zero attached hydrogens (tertiary/aromatic N) is 1. The van der Waals surface area contributed by atoms with Crippen LogP contribution in [0.5, 0.6) is 5.75 Å². The summed E-state index contributed by atoms with van der Waals surface area (Å²) in [6, 6.07) is 8.54. The summed E-state index contributed by atoms with van der Waals surface area (Å²) < 4.78 is 79.4. The predicted molar refractivity (Wildman–Crippen MR) is 121 cm³/mol. The lowest BCUT2D eigenvalue weighted by Gasteiger charge is -2.56. The Morgan fingerprint density at radius 3 is 2.56 bits per heavy atom. The Balaban J connectivity index is 1.76. The van der Waals surface area contributed by atoms with Gasteiger partial charge in [-0.15, -0.1) is 0 Å². The first kappa shape index (κ1) is 24.6. The summed E-state index contributed by atoms with van der Waals surface area (Å²) in [7, 11) is -4.50. The van der Waals surface area contributed by atoms with Crippen molar-refractivity contribution in [3.05, 3.63) is 52.5 Å². The number of alkyl halides is 3. The maximum atomic E-state index is 13.7. The average Bonchev–Trinajstić information content (AvgIpc) is 2.70. The molecule has 1 fully saturated rings. The van der Waals surface area contributed by atoms with Crippen molar-refractivity contribution in [3.63, 3.8) is 0 Å². The summed E-state index contributed by atoms with van der Waals surface area (Å²) >= 11 is 3.35. The first-order valence-electron chi connectivity index (χ1n) is 10.3. The van der Waals surface area contributed by atoms with Gasteiger partial charge < -0.3 is 14.8 Å². The molecule has 1 saturated heterocycles. The quantitative estimate of drug-likeness (QED) is 0.550. The maximum absolute atomic E-state index is 13.7. The van der Waals surface area contributed by atoms with E-state index in [4.69, 9.17) is 9.47 Å². The zero-order valence-electron chi connectivity index (χ0n) is 18.4. The second kappa shape index (κ2) is 8.04. The molecule has 0 aromatic heterocycles. The van der Waals surface area contributed by atoms with E-state index in [1.807, 2.05) is 0 Å². The number of benzene rings is 2. The fourth-order valence-electron chi connectivity index (χ4n) is 3.99. The number of fused-ring (bicyclic) bond motifs is 1. The second-order valence-electron chi connectivity index (χ2n) is 9.19. The molecule has 2 atom stereocenters. The minimum Gasteiger partial charge on any atom is -0.478 e. The van der Waals surface area contributed by atoms with Crippen LogP contribution in [0.1, 0.15) is 26.3 Å². The highest BCUT2D eigenvalue weighted by atomic mass is 79.9. The van der Waals surface area contributed by atoms with Gasteiger partial charge in [-0.05, 0) is 57.2 Å². The number of anilines is 1. The van der Waals surface area contributed by atoms with Gasteiger partial charge >= 0.3 is 12.3 Å².